The van der Waals surface area contributed by atoms with Gasteiger partial charge in [-0.2, -0.15) is 5.10 Å². The molecule has 0 saturated heterocycles. The molecule has 4 heterocycles. The molecule has 3 aromatic heterocycles. The number of nitrogens with zero attached hydrogens (tertiary/aromatic N) is 6. The van der Waals surface area contributed by atoms with E-state index in [-0.39, 0.29) is 11.7 Å². The van der Waals surface area contributed by atoms with Crippen molar-refractivity contribution in [2.24, 2.45) is 0 Å². The number of aromatic nitrogens is 5. The lowest BCUT2D eigenvalue weighted by atomic mass is 10.3. The lowest BCUT2D eigenvalue weighted by Gasteiger charge is -2.26. The van der Waals surface area contributed by atoms with Crippen LogP contribution in [-0.2, 0) is 19.6 Å². The van der Waals surface area contributed by atoms with E-state index in [1.807, 2.05) is 23.1 Å². The van der Waals surface area contributed by atoms with E-state index in [0.717, 1.165) is 18.1 Å². The number of fused-ring (bicyclic) bond motifs is 1. The fraction of sp³-hybridized carbons (Fsp3) is 0.286. The van der Waals surface area contributed by atoms with Gasteiger partial charge in [-0.25, -0.2) is 4.98 Å². The zero-order valence-corrected chi connectivity index (χ0v) is 11.8. The highest BCUT2D eigenvalue weighted by Crippen LogP contribution is 2.16. The smallest absolute Gasteiger partial charge is 0.292 e. The highest BCUT2D eigenvalue weighted by atomic mass is 16.5. The van der Waals surface area contributed by atoms with Gasteiger partial charge in [0.15, 0.2) is 0 Å². The maximum absolute atomic E-state index is 12.3. The molecule has 0 N–H and O–H groups in total. The fourth-order valence-electron chi connectivity index (χ4n) is 2.60. The van der Waals surface area contributed by atoms with Crippen LogP contribution in [0.1, 0.15) is 22.1 Å². The van der Waals surface area contributed by atoms with Crippen molar-refractivity contribution in [1.82, 2.24) is 29.4 Å². The van der Waals surface area contributed by atoms with Gasteiger partial charge >= 0.3 is 0 Å². The summed E-state index contributed by atoms with van der Waals surface area (Å²) in [7, 11) is 0. The SMILES string of the molecule is O=C(c1ccno1)N1CCn2cc(Cn3cccn3)nc2C1. The van der Waals surface area contributed by atoms with Crippen molar-refractivity contribution in [3.05, 3.63) is 54.2 Å². The van der Waals surface area contributed by atoms with Crippen LogP contribution in [-0.4, -0.2) is 41.8 Å². The van der Waals surface area contributed by atoms with Gasteiger partial charge in [-0.3, -0.25) is 9.48 Å². The molecule has 1 aliphatic rings. The minimum Gasteiger partial charge on any atom is -0.351 e. The summed E-state index contributed by atoms with van der Waals surface area (Å²) in [6.45, 7) is 2.45. The van der Waals surface area contributed by atoms with Crippen molar-refractivity contribution < 1.29 is 9.32 Å². The Morgan fingerprint density at radius 2 is 2.27 bits per heavy atom. The normalized spacial score (nSPS) is 14.1. The lowest BCUT2D eigenvalue weighted by Crippen LogP contribution is -2.38. The quantitative estimate of drug-likeness (QED) is 0.713. The molecule has 3 aromatic rings. The van der Waals surface area contributed by atoms with E-state index in [4.69, 9.17) is 4.52 Å². The van der Waals surface area contributed by atoms with Crippen LogP contribution in [0.3, 0.4) is 0 Å². The number of rotatable bonds is 3. The average Bonchev–Trinajstić information content (AvgIpc) is 3.27. The van der Waals surface area contributed by atoms with Crippen molar-refractivity contribution in [2.45, 2.75) is 19.6 Å². The van der Waals surface area contributed by atoms with Gasteiger partial charge in [0.25, 0.3) is 5.91 Å². The van der Waals surface area contributed by atoms with Gasteiger partial charge in [-0.05, 0) is 6.07 Å². The van der Waals surface area contributed by atoms with E-state index in [2.05, 4.69) is 19.8 Å². The molecule has 0 atom stereocenters. The monoisotopic (exact) mass is 298 g/mol. The summed E-state index contributed by atoms with van der Waals surface area (Å²) < 4.78 is 8.84. The first-order valence-corrected chi connectivity index (χ1v) is 7.02. The Hall–Kier alpha value is -2.90. The maximum atomic E-state index is 12.3. The summed E-state index contributed by atoms with van der Waals surface area (Å²) in [5, 5.41) is 7.75. The van der Waals surface area contributed by atoms with Gasteiger partial charge in [0, 0.05) is 37.7 Å². The number of hydrogen-bond donors (Lipinski definition) is 0. The van der Waals surface area contributed by atoms with Crippen LogP contribution < -0.4 is 0 Å². The largest absolute Gasteiger partial charge is 0.351 e. The first-order valence-electron chi connectivity index (χ1n) is 7.02. The number of imidazole rings is 1. The first kappa shape index (κ1) is 12.8. The molecule has 0 radical (unpaired) electrons. The summed E-state index contributed by atoms with van der Waals surface area (Å²) in [5.41, 5.74) is 0.938. The van der Waals surface area contributed by atoms with Crippen LogP contribution in [0.2, 0.25) is 0 Å². The predicted molar refractivity (Wildman–Crippen MR) is 74.8 cm³/mol. The Morgan fingerprint density at radius 3 is 3.05 bits per heavy atom. The van der Waals surface area contributed by atoms with E-state index in [1.54, 1.807) is 17.2 Å². The lowest BCUT2D eigenvalue weighted by molar-refractivity contribution is 0.0665. The topological polar surface area (TPSA) is 82.0 Å². The van der Waals surface area contributed by atoms with Crippen molar-refractivity contribution in [3.8, 4) is 0 Å². The van der Waals surface area contributed by atoms with Crippen LogP contribution in [0.4, 0.5) is 0 Å². The molecule has 0 aliphatic carbocycles. The summed E-state index contributed by atoms with van der Waals surface area (Å²) in [5.74, 6) is 0.985. The van der Waals surface area contributed by atoms with Gasteiger partial charge in [0.2, 0.25) is 5.76 Å². The van der Waals surface area contributed by atoms with Gasteiger partial charge in [-0.1, -0.05) is 5.16 Å². The molecule has 112 valence electrons. The molecule has 0 fully saturated rings. The Balaban J connectivity index is 1.51. The van der Waals surface area contributed by atoms with E-state index in [1.165, 1.54) is 6.20 Å². The second-order valence-corrected chi connectivity index (χ2v) is 5.15. The van der Waals surface area contributed by atoms with Gasteiger partial charge in [-0.15, -0.1) is 0 Å². The summed E-state index contributed by atoms with van der Waals surface area (Å²) in [6, 6.07) is 3.46. The third-order valence-corrected chi connectivity index (χ3v) is 3.67. The minimum absolute atomic E-state index is 0.152. The first-order chi connectivity index (χ1) is 10.8. The highest BCUT2D eigenvalue weighted by molar-refractivity contribution is 5.91. The molecule has 22 heavy (non-hydrogen) atoms. The Morgan fingerprint density at radius 1 is 1.32 bits per heavy atom. The number of carbonyl (C=O) groups excluding carboxylic acids is 1. The Kier molecular flexibility index (Phi) is 2.99. The Bertz CT molecular complexity index is 774. The molecule has 8 nitrogen and oxygen atoms in total. The molecular weight excluding hydrogens is 284 g/mol. The highest BCUT2D eigenvalue weighted by Gasteiger charge is 2.25. The third kappa shape index (κ3) is 2.28. The molecule has 4 rings (SSSR count). The number of carbonyl (C=O) groups is 1. The molecule has 0 aromatic carbocycles. The molecule has 1 amide bonds. The van der Waals surface area contributed by atoms with Crippen molar-refractivity contribution in [3.63, 3.8) is 0 Å². The summed E-state index contributed by atoms with van der Waals surface area (Å²) >= 11 is 0. The van der Waals surface area contributed by atoms with Gasteiger partial charge < -0.3 is 14.0 Å². The van der Waals surface area contributed by atoms with Gasteiger partial charge in [0.05, 0.1) is 25.0 Å². The second kappa shape index (κ2) is 5.14. The van der Waals surface area contributed by atoms with E-state index < -0.39 is 0 Å². The van der Waals surface area contributed by atoms with E-state index >= 15 is 0 Å². The van der Waals surface area contributed by atoms with Crippen LogP contribution in [0, 0.1) is 0 Å². The molecular formula is C14H14N6O2. The van der Waals surface area contributed by atoms with Crippen LogP contribution >= 0.6 is 0 Å². The number of hydrogen-bond acceptors (Lipinski definition) is 5. The van der Waals surface area contributed by atoms with Crippen molar-refractivity contribution in [2.75, 3.05) is 6.54 Å². The molecule has 8 heteroatoms. The van der Waals surface area contributed by atoms with Crippen LogP contribution in [0.25, 0.3) is 0 Å². The van der Waals surface area contributed by atoms with Crippen LogP contribution in [0.15, 0.2) is 41.4 Å². The third-order valence-electron chi connectivity index (χ3n) is 3.67. The zero-order chi connectivity index (χ0) is 14.9. The molecule has 0 spiro atoms. The van der Waals surface area contributed by atoms with Crippen LogP contribution in [0.5, 0.6) is 0 Å². The average molecular weight is 298 g/mol. The molecule has 0 bridgehead atoms. The van der Waals surface area contributed by atoms with Crippen molar-refractivity contribution in [1.29, 1.82) is 0 Å². The van der Waals surface area contributed by atoms with Gasteiger partial charge in [0.1, 0.15) is 5.82 Å². The predicted octanol–water partition coefficient (Wildman–Crippen LogP) is 0.772. The van der Waals surface area contributed by atoms with E-state index in [0.29, 0.717) is 19.6 Å². The minimum atomic E-state index is -0.152. The standard InChI is InChI=1S/C14H14N6O2/c21-14(12-2-4-16-22-12)19-7-6-18-8-11(17-13(18)10-19)9-20-5-1-3-15-20/h1-5,8H,6-7,9-10H2. The Labute approximate surface area is 125 Å². The fourth-order valence-corrected chi connectivity index (χ4v) is 2.60. The zero-order valence-electron chi connectivity index (χ0n) is 11.8. The molecule has 0 saturated carbocycles. The maximum Gasteiger partial charge on any atom is 0.292 e. The molecule has 0 unspecified atom stereocenters. The van der Waals surface area contributed by atoms with E-state index in [9.17, 15) is 4.79 Å². The summed E-state index contributed by atoms with van der Waals surface area (Å²) in [6.07, 6.45) is 7.14. The van der Waals surface area contributed by atoms with Crippen molar-refractivity contribution >= 4 is 5.91 Å². The number of amides is 1. The summed E-state index contributed by atoms with van der Waals surface area (Å²) in [4.78, 5) is 18.6. The molecule has 1 aliphatic heterocycles. The second-order valence-electron chi connectivity index (χ2n) is 5.15.